The van der Waals surface area contributed by atoms with Crippen LogP contribution in [0, 0.1) is 11.7 Å². The average molecular weight is 226 g/mol. The molecule has 2 unspecified atom stereocenters. The molecule has 3 nitrogen and oxygen atoms in total. The average Bonchev–Trinajstić information content (AvgIpc) is 2.28. The molecular weight excluding hydrogens is 207 g/mol. The molecule has 0 aliphatic carbocycles. The first-order valence-electron chi connectivity index (χ1n) is 5.37. The van der Waals surface area contributed by atoms with Gasteiger partial charge in [0.1, 0.15) is 0 Å². The van der Waals surface area contributed by atoms with Gasteiger partial charge >= 0.3 is 0 Å². The smallest absolute Gasteiger partial charge is 0.165 e. The van der Waals surface area contributed by atoms with Crippen molar-refractivity contribution < 1.29 is 9.13 Å². The van der Waals surface area contributed by atoms with Crippen LogP contribution in [0.25, 0.3) is 0 Å². The monoisotopic (exact) mass is 226 g/mol. The number of nitrogens with two attached hydrogens (primary N) is 2. The predicted octanol–water partition coefficient (Wildman–Crippen LogP) is 1.82. The van der Waals surface area contributed by atoms with Gasteiger partial charge in [-0.2, -0.15) is 0 Å². The molecule has 90 valence electrons. The van der Waals surface area contributed by atoms with Crippen LogP contribution in [0.15, 0.2) is 18.2 Å². The van der Waals surface area contributed by atoms with E-state index in [4.69, 9.17) is 16.2 Å². The van der Waals surface area contributed by atoms with E-state index in [9.17, 15) is 4.39 Å². The van der Waals surface area contributed by atoms with Gasteiger partial charge in [0.2, 0.25) is 0 Å². The van der Waals surface area contributed by atoms with Crippen molar-refractivity contribution in [1.29, 1.82) is 0 Å². The molecule has 0 radical (unpaired) electrons. The molecule has 0 bridgehead atoms. The summed E-state index contributed by atoms with van der Waals surface area (Å²) in [6, 6.07) is 4.62. The van der Waals surface area contributed by atoms with Gasteiger partial charge in [-0.1, -0.05) is 13.0 Å². The molecule has 0 fully saturated rings. The number of ether oxygens (including phenoxy) is 1. The Kier molecular flexibility index (Phi) is 4.71. The van der Waals surface area contributed by atoms with E-state index in [1.54, 1.807) is 12.1 Å². The SMILES string of the molecule is COc1ccc(C(N)CC(C)CN)cc1F. The number of rotatable bonds is 5. The molecule has 4 heteroatoms. The van der Waals surface area contributed by atoms with Crippen LogP contribution in [0.5, 0.6) is 5.75 Å². The lowest BCUT2D eigenvalue weighted by Gasteiger charge is -2.16. The van der Waals surface area contributed by atoms with E-state index in [0.29, 0.717) is 12.5 Å². The normalized spacial score (nSPS) is 14.6. The van der Waals surface area contributed by atoms with E-state index in [1.165, 1.54) is 13.2 Å². The minimum Gasteiger partial charge on any atom is -0.494 e. The third kappa shape index (κ3) is 3.18. The summed E-state index contributed by atoms with van der Waals surface area (Å²) in [6.07, 6.45) is 0.752. The summed E-state index contributed by atoms with van der Waals surface area (Å²) in [5, 5.41) is 0. The van der Waals surface area contributed by atoms with E-state index in [2.05, 4.69) is 0 Å². The Morgan fingerprint density at radius 2 is 2.12 bits per heavy atom. The van der Waals surface area contributed by atoms with Crippen LogP contribution < -0.4 is 16.2 Å². The summed E-state index contributed by atoms with van der Waals surface area (Å²) in [6.45, 7) is 2.62. The van der Waals surface area contributed by atoms with Crippen molar-refractivity contribution in [3.8, 4) is 5.75 Å². The number of halogens is 1. The lowest BCUT2D eigenvalue weighted by molar-refractivity contribution is 0.385. The van der Waals surface area contributed by atoms with Crippen LogP contribution in [-0.4, -0.2) is 13.7 Å². The molecule has 1 rings (SSSR count). The summed E-state index contributed by atoms with van der Waals surface area (Å²) in [4.78, 5) is 0. The number of hydrogen-bond acceptors (Lipinski definition) is 3. The van der Waals surface area contributed by atoms with E-state index >= 15 is 0 Å². The van der Waals surface area contributed by atoms with Crippen molar-refractivity contribution in [2.45, 2.75) is 19.4 Å². The predicted molar refractivity (Wildman–Crippen MR) is 62.7 cm³/mol. The Labute approximate surface area is 95.6 Å². The van der Waals surface area contributed by atoms with Crippen LogP contribution >= 0.6 is 0 Å². The van der Waals surface area contributed by atoms with Gasteiger partial charge in [0.05, 0.1) is 7.11 Å². The fourth-order valence-electron chi connectivity index (χ4n) is 1.58. The van der Waals surface area contributed by atoms with Crippen molar-refractivity contribution >= 4 is 0 Å². The van der Waals surface area contributed by atoms with Crippen LogP contribution in [0.2, 0.25) is 0 Å². The topological polar surface area (TPSA) is 61.3 Å². The maximum Gasteiger partial charge on any atom is 0.165 e. The van der Waals surface area contributed by atoms with Crippen LogP contribution in [0.1, 0.15) is 24.9 Å². The summed E-state index contributed by atoms with van der Waals surface area (Å²) < 4.78 is 18.3. The van der Waals surface area contributed by atoms with Crippen molar-refractivity contribution in [2.75, 3.05) is 13.7 Å². The van der Waals surface area contributed by atoms with Crippen LogP contribution in [0.4, 0.5) is 4.39 Å². The van der Waals surface area contributed by atoms with Crippen molar-refractivity contribution in [2.24, 2.45) is 17.4 Å². The summed E-state index contributed by atoms with van der Waals surface area (Å²) in [5.41, 5.74) is 12.3. The van der Waals surface area contributed by atoms with Gasteiger partial charge in [0, 0.05) is 6.04 Å². The number of hydrogen-bond donors (Lipinski definition) is 2. The minimum atomic E-state index is -0.379. The Morgan fingerprint density at radius 1 is 1.44 bits per heavy atom. The second kappa shape index (κ2) is 5.82. The standard InChI is InChI=1S/C12H19FN2O/c1-8(7-14)5-11(15)9-3-4-12(16-2)10(13)6-9/h3-4,6,8,11H,5,7,14-15H2,1-2H3. The summed E-state index contributed by atoms with van der Waals surface area (Å²) in [7, 11) is 1.44. The molecule has 1 aromatic carbocycles. The first-order valence-corrected chi connectivity index (χ1v) is 5.37. The largest absolute Gasteiger partial charge is 0.494 e. The second-order valence-corrected chi connectivity index (χ2v) is 4.08. The molecule has 2 atom stereocenters. The zero-order valence-corrected chi connectivity index (χ0v) is 9.74. The Bertz CT molecular complexity index is 344. The highest BCUT2D eigenvalue weighted by molar-refractivity contribution is 5.30. The van der Waals surface area contributed by atoms with Gasteiger partial charge in [-0.05, 0) is 36.6 Å². The third-order valence-electron chi connectivity index (χ3n) is 2.66. The number of benzene rings is 1. The molecule has 1 aromatic rings. The summed E-state index contributed by atoms with van der Waals surface area (Å²) >= 11 is 0. The lowest BCUT2D eigenvalue weighted by Crippen LogP contribution is -2.19. The Morgan fingerprint density at radius 3 is 2.62 bits per heavy atom. The zero-order chi connectivity index (χ0) is 12.1. The highest BCUT2D eigenvalue weighted by Gasteiger charge is 2.12. The Balaban J connectivity index is 2.76. The molecule has 0 heterocycles. The fraction of sp³-hybridized carbons (Fsp3) is 0.500. The molecule has 16 heavy (non-hydrogen) atoms. The highest BCUT2D eigenvalue weighted by Crippen LogP contribution is 2.24. The molecule has 0 aromatic heterocycles. The molecule has 0 aliphatic rings. The highest BCUT2D eigenvalue weighted by atomic mass is 19.1. The van der Waals surface area contributed by atoms with Gasteiger partial charge in [0.25, 0.3) is 0 Å². The van der Waals surface area contributed by atoms with Gasteiger partial charge in [-0.15, -0.1) is 0 Å². The molecule has 0 saturated heterocycles. The quantitative estimate of drug-likeness (QED) is 0.805. The van der Waals surface area contributed by atoms with E-state index in [1.807, 2.05) is 6.92 Å². The molecule has 0 amide bonds. The minimum absolute atomic E-state index is 0.182. The lowest BCUT2D eigenvalue weighted by atomic mass is 9.96. The van der Waals surface area contributed by atoms with Crippen LogP contribution in [-0.2, 0) is 0 Å². The maximum atomic E-state index is 13.4. The summed E-state index contributed by atoms with van der Waals surface area (Å²) in [5.74, 6) is 0.193. The number of methoxy groups -OCH3 is 1. The van der Waals surface area contributed by atoms with E-state index in [-0.39, 0.29) is 17.6 Å². The van der Waals surface area contributed by atoms with Gasteiger partial charge in [-0.3, -0.25) is 0 Å². The van der Waals surface area contributed by atoms with Gasteiger partial charge < -0.3 is 16.2 Å². The zero-order valence-electron chi connectivity index (χ0n) is 9.74. The maximum absolute atomic E-state index is 13.4. The fourth-order valence-corrected chi connectivity index (χ4v) is 1.58. The first kappa shape index (κ1) is 12.9. The Hall–Kier alpha value is -1.13. The van der Waals surface area contributed by atoms with Crippen molar-refractivity contribution in [3.63, 3.8) is 0 Å². The molecule has 4 N–H and O–H groups in total. The first-order chi connectivity index (χ1) is 7.58. The molecule has 0 spiro atoms. The van der Waals surface area contributed by atoms with Crippen LogP contribution in [0.3, 0.4) is 0 Å². The van der Waals surface area contributed by atoms with E-state index < -0.39 is 0 Å². The second-order valence-electron chi connectivity index (χ2n) is 4.08. The van der Waals surface area contributed by atoms with Crippen molar-refractivity contribution in [3.05, 3.63) is 29.6 Å². The van der Waals surface area contributed by atoms with Gasteiger partial charge in [-0.25, -0.2) is 4.39 Å². The molecular formula is C12H19FN2O. The molecule has 0 saturated carbocycles. The van der Waals surface area contributed by atoms with Gasteiger partial charge in [0.15, 0.2) is 11.6 Å². The van der Waals surface area contributed by atoms with E-state index in [0.717, 1.165) is 12.0 Å². The molecule has 0 aliphatic heterocycles. The van der Waals surface area contributed by atoms with Crippen molar-refractivity contribution in [1.82, 2.24) is 0 Å². The third-order valence-corrected chi connectivity index (χ3v) is 2.66.